The van der Waals surface area contributed by atoms with E-state index in [9.17, 15) is 13.2 Å². The SMILES string of the molecule is CCCNC(=O)CN1CCN(S(=O)(=O)c2ccc(C(C)(C)C)cc2)CC1. The second kappa shape index (κ2) is 8.50. The first-order valence-corrected chi connectivity index (χ1v) is 10.7. The fourth-order valence-corrected chi connectivity index (χ4v) is 4.35. The molecule has 1 aliphatic heterocycles. The van der Waals surface area contributed by atoms with E-state index >= 15 is 0 Å². The maximum absolute atomic E-state index is 12.8. The second-order valence-electron chi connectivity index (χ2n) is 7.80. The van der Waals surface area contributed by atoms with Gasteiger partial charge in [-0.05, 0) is 29.5 Å². The Morgan fingerprint density at radius 1 is 1.08 bits per heavy atom. The van der Waals surface area contributed by atoms with E-state index in [1.807, 2.05) is 24.0 Å². The van der Waals surface area contributed by atoms with E-state index in [0.29, 0.717) is 44.2 Å². The van der Waals surface area contributed by atoms with Gasteiger partial charge in [-0.2, -0.15) is 4.31 Å². The van der Waals surface area contributed by atoms with Crippen LogP contribution in [0.25, 0.3) is 0 Å². The summed E-state index contributed by atoms with van der Waals surface area (Å²) in [6.45, 7) is 11.3. The van der Waals surface area contributed by atoms with E-state index in [2.05, 4.69) is 26.1 Å². The van der Waals surface area contributed by atoms with Gasteiger partial charge in [0.25, 0.3) is 0 Å². The summed E-state index contributed by atoms with van der Waals surface area (Å²) in [5.74, 6) is 0.000858. The molecule has 0 bridgehead atoms. The van der Waals surface area contributed by atoms with Gasteiger partial charge >= 0.3 is 0 Å². The summed E-state index contributed by atoms with van der Waals surface area (Å²) >= 11 is 0. The molecule has 1 aromatic carbocycles. The lowest BCUT2D eigenvalue weighted by atomic mass is 9.87. The Balaban J connectivity index is 1.96. The molecule has 26 heavy (non-hydrogen) atoms. The van der Waals surface area contributed by atoms with Crippen LogP contribution < -0.4 is 5.32 Å². The topological polar surface area (TPSA) is 69.7 Å². The Labute approximate surface area is 157 Å². The lowest BCUT2D eigenvalue weighted by Crippen LogP contribution is -2.51. The van der Waals surface area contributed by atoms with Crippen LogP contribution in [0.1, 0.15) is 39.7 Å². The van der Waals surface area contributed by atoms with Crippen molar-refractivity contribution >= 4 is 15.9 Å². The molecule has 6 nitrogen and oxygen atoms in total. The Morgan fingerprint density at radius 2 is 1.65 bits per heavy atom. The summed E-state index contributed by atoms with van der Waals surface area (Å²) in [5, 5.41) is 2.85. The zero-order valence-electron chi connectivity index (χ0n) is 16.3. The molecular formula is C19H31N3O3S. The Kier molecular flexibility index (Phi) is 6.82. The molecule has 1 heterocycles. The average Bonchev–Trinajstić information content (AvgIpc) is 2.60. The van der Waals surface area contributed by atoms with Crippen LogP contribution in [0.4, 0.5) is 0 Å². The molecule has 146 valence electrons. The number of sulfonamides is 1. The van der Waals surface area contributed by atoms with Crippen molar-refractivity contribution in [3.8, 4) is 0 Å². The van der Waals surface area contributed by atoms with Gasteiger partial charge in [-0.1, -0.05) is 39.8 Å². The molecule has 0 unspecified atom stereocenters. The van der Waals surface area contributed by atoms with Crippen molar-refractivity contribution < 1.29 is 13.2 Å². The number of amides is 1. The minimum absolute atomic E-state index is 0.000858. The van der Waals surface area contributed by atoms with Crippen LogP contribution in [0.2, 0.25) is 0 Å². The minimum atomic E-state index is -3.48. The highest BCUT2D eigenvalue weighted by atomic mass is 32.2. The number of carbonyl (C=O) groups excluding carboxylic acids is 1. The predicted molar refractivity (Wildman–Crippen MR) is 104 cm³/mol. The number of carbonyl (C=O) groups is 1. The zero-order valence-corrected chi connectivity index (χ0v) is 17.1. The molecule has 1 fully saturated rings. The fraction of sp³-hybridized carbons (Fsp3) is 0.632. The van der Waals surface area contributed by atoms with E-state index in [1.165, 1.54) is 4.31 Å². The van der Waals surface area contributed by atoms with Crippen molar-refractivity contribution in [3.63, 3.8) is 0 Å². The molecule has 0 radical (unpaired) electrons. The quantitative estimate of drug-likeness (QED) is 0.816. The molecule has 0 saturated carbocycles. The van der Waals surface area contributed by atoms with Gasteiger partial charge in [0.1, 0.15) is 0 Å². The predicted octanol–water partition coefficient (Wildman–Crippen LogP) is 1.82. The van der Waals surface area contributed by atoms with E-state index in [1.54, 1.807) is 12.1 Å². The fourth-order valence-electron chi connectivity index (χ4n) is 2.93. The van der Waals surface area contributed by atoms with E-state index in [0.717, 1.165) is 12.0 Å². The summed E-state index contributed by atoms with van der Waals surface area (Å²) < 4.78 is 27.2. The summed E-state index contributed by atoms with van der Waals surface area (Å²) in [6.07, 6.45) is 0.908. The van der Waals surface area contributed by atoms with E-state index < -0.39 is 10.0 Å². The molecule has 1 aliphatic rings. The summed E-state index contributed by atoms with van der Waals surface area (Å²) in [4.78, 5) is 14.1. The summed E-state index contributed by atoms with van der Waals surface area (Å²) in [5.41, 5.74) is 1.10. The lowest BCUT2D eigenvalue weighted by molar-refractivity contribution is -0.122. The number of hydrogen-bond donors (Lipinski definition) is 1. The first-order chi connectivity index (χ1) is 12.1. The number of nitrogens with one attached hydrogen (secondary N) is 1. The van der Waals surface area contributed by atoms with Gasteiger partial charge in [-0.25, -0.2) is 8.42 Å². The highest BCUT2D eigenvalue weighted by molar-refractivity contribution is 7.89. The molecule has 0 aromatic heterocycles. The van der Waals surface area contributed by atoms with Crippen LogP contribution >= 0.6 is 0 Å². The summed E-state index contributed by atoms with van der Waals surface area (Å²) in [7, 11) is -3.48. The molecule has 1 amide bonds. The Hall–Kier alpha value is -1.44. The molecule has 1 N–H and O–H groups in total. The number of nitrogens with zero attached hydrogens (tertiary/aromatic N) is 2. The Morgan fingerprint density at radius 3 is 2.15 bits per heavy atom. The number of benzene rings is 1. The van der Waals surface area contributed by atoms with Crippen molar-refractivity contribution in [2.45, 2.75) is 44.4 Å². The van der Waals surface area contributed by atoms with Crippen molar-refractivity contribution in [3.05, 3.63) is 29.8 Å². The van der Waals surface area contributed by atoms with Gasteiger partial charge < -0.3 is 5.32 Å². The molecule has 0 spiro atoms. The van der Waals surface area contributed by atoms with Gasteiger partial charge in [0.2, 0.25) is 15.9 Å². The minimum Gasteiger partial charge on any atom is -0.355 e. The second-order valence-corrected chi connectivity index (χ2v) is 9.74. The van der Waals surface area contributed by atoms with Gasteiger partial charge in [-0.15, -0.1) is 0 Å². The van der Waals surface area contributed by atoms with Crippen molar-refractivity contribution in [2.24, 2.45) is 0 Å². The van der Waals surface area contributed by atoms with Crippen LogP contribution in [-0.4, -0.2) is 62.8 Å². The third-order valence-electron chi connectivity index (χ3n) is 4.63. The highest BCUT2D eigenvalue weighted by Gasteiger charge is 2.29. The smallest absolute Gasteiger partial charge is 0.243 e. The molecule has 2 rings (SSSR count). The van der Waals surface area contributed by atoms with E-state index in [4.69, 9.17) is 0 Å². The third kappa shape index (κ3) is 5.28. The maximum Gasteiger partial charge on any atom is 0.243 e. The Bertz CT molecular complexity index is 701. The largest absolute Gasteiger partial charge is 0.355 e. The first kappa shape index (κ1) is 20.9. The third-order valence-corrected chi connectivity index (χ3v) is 6.54. The van der Waals surface area contributed by atoms with Crippen LogP contribution in [0, 0.1) is 0 Å². The van der Waals surface area contributed by atoms with Crippen molar-refractivity contribution in [1.82, 2.24) is 14.5 Å². The van der Waals surface area contributed by atoms with Gasteiger partial charge in [-0.3, -0.25) is 9.69 Å². The molecular weight excluding hydrogens is 350 g/mol. The number of rotatable bonds is 6. The lowest BCUT2D eigenvalue weighted by Gasteiger charge is -2.33. The molecule has 7 heteroatoms. The van der Waals surface area contributed by atoms with E-state index in [-0.39, 0.29) is 11.3 Å². The van der Waals surface area contributed by atoms with Crippen LogP contribution in [0.3, 0.4) is 0 Å². The molecule has 1 aromatic rings. The standard InChI is InChI=1S/C19H31N3O3S/c1-5-10-20-18(23)15-21-11-13-22(14-12-21)26(24,25)17-8-6-16(7-9-17)19(2,3)4/h6-9H,5,10-15H2,1-4H3,(H,20,23). The number of piperazine rings is 1. The molecule has 1 saturated heterocycles. The van der Waals surface area contributed by atoms with Crippen LogP contribution in [-0.2, 0) is 20.2 Å². The van der Waals surface area contributed by atoms with Gasteiger partial charge in [0.15, 0.2) is 0 Å². The zero-order chi connectivity index (χ0) is 19.4. The molecule has 0 aliphatic carbocycles. The van der Waals surface area contributed by atoms with Gasteiger partial charge in [0.05, 0.1) is 11.4 Å². The van der Waals surface area contributed by atoms with Crippen molar-refractivity contribution in [2.75, 3.05) is 39.3 Å². The van der Waals surface area contributed by atoms with Crippen LogP contribution in [0.15, 0.2) is 29.2 Å². The monoisotopic (exact) mass is 381 g/mol. The maximum atomic E-state index is 12.8. The van der Waals surface area contributed by atoms with Gasteiger partial charge in [0, 0.05) is 32.7 Å². The number of hydrogen-bond acceptors (Lipinski definition) is 4. The normalized spacial score (nSPS) is 17.2. The summed E-state index contributed by atoms with van der Waals surface area (Å²) in [6, 6.07) is 7.17. The first-order valence-electron chi connectivity index (χ1n) is 9.24. The highest BCUT2D eigenvalue weighted by Crippen LogP contribution is 2.25. The van der Waals surface area contributed by atoms with Crippen LogP contribution in [0.5, 0.6) is 0 Å². The molecule has 0 atom stereocenters. The van der Waals surface area contributed by atoms with Crippen molar-refractivity contribution in [1.29, 1.82) is 0 Å². The average molecular weight is 382 g/mol.